The minimum absolute atomic E-state index is 0.0244. The zero-order valence-electron chi connectivity index (χ0n) is 30.0. The maximum absolute atomic E-state index is 15.0. The highest BCUT2D eigenvalue weighted by atomic mass is 19.1. The molecule has 53 heavy (non-hydrogen) atoms. The average Bonchev–Trinajstić information content (AvgIpc) is 3.72. The van der Waals surface area contributed by atoms with Crippen LogP contribution in [0.4, 0.5) is 24.7 Å². The number of amides is 1. The van der Waals surface area contributed by atoms with Crippen molar-refractivity contribution >= 4 is 28.2 Å². The van der Waals surface area contributed by atoms with E-state index in [1.807, 2.05) is 33.6 Å². The number of halogens is 3. The summed E-state index contributed by atoms with van der Waals surface area (Å²) in [5.74, 6) is 2.23. The molecular formula is C41H43F3N6O3. The molecule has 7 rings (SSSR count). The molecule has 0 spiro atoms. The van der Waals surface area contributed by atoms with Gasteiger partial charge >= 0.3 is 6.01 Å². The summed E-state index contributed by atoms with van der Waals surface area (Å²) >= 11 is 0. The molecule has 3 aliphatic heterocycles. The van der Waals surface area contributed by atoms with Gasteiger partial charge in [-0.15, -0.1) is 6.42 Å². The van der Waals surface area contributed by atoms with Crippen LogP contribution in [0.3, 0.4) is 0 Å². The van der Waals surface area contributed by atoms with Crippen molar-refractivity contribution in [1.29, 1.82) is 0 Å². The van der Waals surface area contributed by atoms with E-state index in [-0.39, 0.29) is 54.7 Å². The molecule has 3 aromatic carbocycles. The first kappa shape index (κ1) is 36.1. The van der Waals surface area contributed by atoms with Crippen molar-refractivity contribution in [2.24, 2.45) is 0 Å². The number of hydrogen-bond acceptors (Lipinski definition) is 8. The van der Waals surface area contributed by atoms with E-state index >= 15 is 0 Å². The van der Waals surface area contributed by atoms with Gasteiger partial charge in [0.2, 0.25) is 5.91 Å². The van der Waals surface area contributed by atoms with Crippen molar-refractivity contribution in [3.05, 3.63) is 95.2 Å². The zero-order chi connectivity index (χ0) is 37.4. The van der Waals surface area contributed by atoms with Crippen LogP contribution in [0.2, 0.25) is 0 Å². The molecule has 4 heterocycles. The molecule has 2 fully saturated rings. The third-order valence-electron chi connectivity index (χ3n) is 10.9. The van der Waals surface area contributed by atoms with Gasteiger partial charge in [-0.3, -0.25) is 9.69 Å². The SMILES string of the molecule is C#Cc1c(F)ccc2cc(O)cc(N3CCc4c(nc(OC[C@]5(C)C[C@@H](F)CN5Cc5ccc(F)cc5)nc4N(C)C[C@@H]4CCCN4C(=O)C=C)C3)c12. The van der Waals surface area contributed by atoms with Crippen LogP contribution in [-0.4, -0.2) is 88.4 Å². The highest BCUT2D eigenvalue weighted by Gasteiger charge is 2.43. The molecule has 1 N–H and O–H groups in total. The Morgan fingerprint density at radius 1 is 1.19 bits per heavy atom. The molecule has 2 saturated heterocycles. The Morgan fingerprint density at radius 2 is 1.98 bits per heavy atom. The summed E-state index contributed by atoms with van der Waals surface area (Å²) in [7, 11) is 1.94. The van der Waals surface area contributed by atoms with Crippen LogP contribution in [0.5, 0.6) is 11.8 Å². The van der Waals surface area contributed by atoms with Gasteiger partial charge in [0.15, 0.2) is 0 Å². The van der Waals surface area contributed by atoms with Gasteiger partial charge in [-0.1, -0.05) is 30.7 Å². The van der Waals surface area contributed by atoms with Crippen LogP contribution in [0.25, 0.3) is 10.8 Å². The predicted octanol–water partition coefficient (Wildman–Crippen LogP) is 6.15. The molecule has 0 bridgehead atoms. The number of rotatable bonds is 10. The lowest BCUT2D eigenvalue weighted by Gasteiger charge is -2.36. The third kappa shape index (κ3) is 7.22. The number of anilines is 2. The Morgan fingerprint density at radius 3 is 2.74 bits per heavy atom. The van der Waals surface area contributed by atoms with Crippen molar-refractivity contribution in [2.75, 3.05) is 49.6 Å². The van der Waals surface area contributed by atoms with E-state index in [1.165, 1.54) is 24.3 Å². The van der Waals surface area contributed by atoms with Crippen LogP contribution >= 0.6 is 0 Å². The first-order valence-electron chi connectivity index (χ1n) is 17.9. The maximum Gasteiger partial charge on any atom is 0.318 e. The summed E-state index contributed by atoms with van der Waals surface area (Å²) in [6.45, 7) is 8.36. The summed E-state index contributed by atoms with van der Waals surface area (Å²) in [6, 6.07) is 12.3. The molecular weight excluding hydrogens is 681 g/mol. The Kier molecular flexibility index (Phi) is 9.96. The lowest BCUT2D eigenvalue weighted by Crippen LogP contribution is -2.45. The number of likely N-dealkylation sites (N-methyl/N-ethyl adjacent to an activating group) is 1. The van der Waals surface area contributed by atoms with Crippen molar-refractivity contribution in [2.45, 2.75) is 63.4 Å². The van der Waals surface area contributed by atoms with E-state index < -0.39 is 17.5 Å². The largest absolute Gasteiger partial charge is 0.508 e. The summed E-state index contributed by atoms with van der Waals surface area (Å²) in [4.78, 5) is 30.4. The smallest absolute Gasteiger partial charge is 0.318 e. The molecule has 3 aliphatic rings. The second-order valence-electron chi connectivity index (χ2n) is 14.6. The second kappa shape index (κ2) is 14.6. The van der Waals surface area contributed by atoms with Crippen molar-refractivity contribution < 1.29 is 27.8 Å². The van der Waals surface area contributed by atoms with Gasteiger partial charge in [0, 0.05) is 74.9 Å². The minimum atomic E-state index is -1.06. The highest BCUT2D eigenvalue weighted by molar-refractivity contribution is 6.00. The molecule has 276 valence electrons. The van der Waals surface area contributed by atoms with Gasteiger partial charge in [-0.2, -0.15) is 9.97 Å². The lowest BCUT2D eigenvalue weighted by molar-refractivity contribution is -0.126. The van der Waals surface area contributed by atoms with Gasteiger partial charge in [0.25, 0.3) is 0 Å². The molecule has 0 unspecified atom stereocenters. The fourth-order valence-corrected chi connectivity index (χ4v) is 8.17. The standard InChI is InChI=1S/C41H43F3N6O3/c1-5-32-34(44)14-11-27-18-31(51)19-36(38(27)32)48-17-15-33-35(24-48)45-40(46-39(33)47(4)23-30-8-7-16-50(30)37(52)6-2)53-25-41(3)20-29(43)22-49(41)21-26-9-12-28(42)13-10-26/h1,6,9-14,18-19,29-30,51H,2,7-8,15-17,20-25H2,3-4H3/t29-,30+,41+/m1/s1. The van der Waals surface area contributed by atoms with Crippen molar-refractivity contribution in [3.63, 3.8) is 0 Å². The fourth-order valence-electron chi connectivity index (χ4n) is 8.17. The molecule has 9 nitrogen and oxygen atoms in total. The number of carbonyl (C=O) groups is 1. The zero-order valence-corrected chi connectivity index (χ0v) is 30.0. The number of fused-ring (bicyclic) bond motifs is 2. The number of aromatic nitrogens is 2. The molecule has 3 atom stereocenters. The molecule has 0 radical (unpaired) electrons. The molecule has 1 amide bonds. The summed E-state index contributed by atoms with van der Waals surface area (Å²) < 4.78 is 50.0. The van der Waals surface area contributed by atoms with Crippen molar-refractivity contribution in [3.8, 4) is 24.1 Å². The number of phenolic OH excluding ortho intramolecular Hbond substituents is 1. The normalized spacial score (nSPS) is 21.4. The molecule has 0 saturated carbocycles. The first-order valence-corrected chi connectivity index (χ1v) is 17.9. The number of phenols is 1. The Hall–Kier alpha value is -5.28. The lowest BCUT2D eigenvalue weighted by atomic mass is 9.98. The quantitative estimate of drug-likeness (QED) is 0.154. The van der Waals surface area contributed by atoms with Gasteiger partial charge in [0.05, 0.1) is 23.3 Å². The Labute approximate surface area is 307 Å². The van der Waals surface area contributed by atoms with E-state index in [4.69, 9.17) is 21.1 Å². The predicted molar refractivity (Wildman–Crippen MR) is 199 cm³/mol. The molecule has 12 heteroatoms. The van der Waals surface area contributed by atoms with Gasteiger partial charge in [0.1, 0.15) is 36.0 Å². The van der Waals surface area contributed by atoms with Crippen LogP contribution in [-0.2, 0) is 24.3 Å². The van der Waals surface area contributed by atoms with Crippen molar-refractivity contribution in [1.82, 2.24) is 19.8 Å². The monoisotopic (exact) mass is 724 g/mol. The van der Waals surface area contributed by atoms with Gasteiger partial charge in [-0.25, -0.2) is 13.2 Å². The van der Waals surface area contributed by atoms with E-state index in [0.717, 1.165) is 24.0 Å². The first-order chi connectivity index (χ1) is 25.5. The highest BCUT2D eigenvalue weighted by Crippen LogP contribution is 2.39. The Balaban J connectivity index is 1.22. The van der Waals surface area contributed by atoms with Gasteiger partial charge < -0.3 is 24.5 Å². The average molecular weight is 725 g/mol. The number of likely N-dealkylation sites (tertiary alicyclic amines) is 2. The third-order valence-corrected chi connectivity index (χ3v) is 10.9. The number of alkyl halides is 1. The number of ether oxygens (including phenoxy) is 1. The minimum Gasteiger partial charge on any atom is -0.508 e. The summed E-state index contributed by atoms with van der Waals surface area (Å²) in [6.07, 6.45) is 8.58. The topological polar surface area (TPSA) is 85.3 Å². The number of carbonyl (C=O) groups excluding carboxylic acids is 1. The second-order valence-corrected chi connectivity index (χ2v) is 14.6. The number of benzene rings is 3. The van der Waals surface area contributed by atoms with E-state index in [2.05, 4.69) is 12.5 Å². The van der Waals surface area contributed by atoms with Gasteiger partial charge in [-0.05, 0) is 67.5 Å². The van der Waals surface area contributed by atoms with E-state index in [0.29, 0.717) is 67.1 Å². The number of nitrogens with zero attached hydrogens (tertiary/aromatic N) is 6. The van der Waals surface area contributed by atoms with Crippen LogP contribution < -0.4 is 14.5 Å². The molecule has 1 aromatic heterocycles. The fraction of sp³-hybridized carbons (Fsp3) is 0.390. The van der Waals surface area contributed by atoms with E-state index in [1.54, 1.807) is 30.3 Å². The van der Waals surface area contributed by atoms with E-state index in [9.17, 15) is 23.1 Å². The summed E-state index contributed by atoms with van der Waals surface area (Å²) in [5, 5.41) is 11.8. The van der Waals surface area contributed by atoms with Crippen LogP contribution in [0.1, 0.15) is 48.6 Å². The number of terminal acetylenes is 1. The number of aromatic hydroxyl groups is 1. The summed E-state index contributed by atoms with van der Waals surface area (Å²) in [5.41, 5.74) is 2.47. The Bertz CT molecular complexity index is 2090. The number of hydrogen-bond donors (Lipinski definition) is 1. The molecule has 0 aliphatic carbocycles. The van der Waals surface area contributed by atoms with Crippen LogP contribution in [0.15, 0.2) is 61.2 Å². The molecule has 4 aromatic rings. The maximum atomic E-state index is 15.0. The van der Waals surface area contributed by atoms with Crippen LogP contribution in [0, 0.1) is 24.0 Å².